The van der Waals surface area contributed by atoms with E-state index in [1.807, 2.05) is 19.2 Å². The molecule has 2 atom stereocenters. The number of hydrogen-bond acceptors (Lipinski definition) is 4. The minimum absolute atomic E-state index is 0.549. The summed E-state index contributed by atoms with van der Waals surface area (Å²) in [6.45, 7) is 3.65. The van der Waals surface area contributed by atoms with Crippen molar-refractivity contribution in [2.75, 3.05) is 41.0 Å². The highest BCUT2D eigenvalue weighted by atomic mass is 16.5. The summed E-state index contributed by atoms with van der Waals surface area (Å²) in [5, 5.41) is 3.41. The Kier molecular flexibility index (Phi) is 5.83. The van der Waals surface area contributed by atoms with Crippen LogP contribution < -0.4 is 10.1 Å². The zero-order valence-electron chi connectivity index (χ0n) is 12.8. The number of nitrogens with one attached hydrogen (secondary N) is 1. The van der Waals surface area contributed by atoms with Crippen LogP contribution in [0.2, 0.25) is 0 Å². The van der Waals surface area contributed by atoms with E-state index in [4.69, 9.17) is 9.47 Å². The van der Waals surface area contributed by atoms with Crippen LogP contribution in [0.15, 0.2) is 24.3 Å². The van der Waals surface area contributed by atoms with Gasteiger partial charge < -0.3 is 19.7 Å². The van der Waals surface area contributed by atoms with Crippen LogP contribution in [-0.2, 0) is 11.3 Å². The first kappa shape index (κ1) is 15.3. The first-order valence-corrected chi connectivity index (χ1v) is 7.30. The van der Waals surface area contributed by atoms with Crippen molar-refractivity contribution in [3.63, 3.8) is 0 Å². The van der Waals surface area contributed by atoms with Gasteiger partial charge in [-0.15, -0.1) is 0 Å². The molecule has 0 amide bonds. The lowest BCUT2D eigenvalue weighted by molar-refractivity contribution is 0.0207. The van der Waals surface area contributed by atoms with Crippen LogP contribution in [0.3, 0.4) is 0 Å². The highest BCUT2D eigenvalue weighted by Crippen LogP contribution is 2.21. The second-order valence-electron chi connectivity index (χ2n) is 5.53. The molecule has 0 aliphatic carbocycles. The molecule has 1 heterocycles. The van der Waals surface area contributed by atoms with Crippen molar-refractivity contribution in [1.82, 2.24) is 10.2 Å². The van der Waals surface area contributed by atoms with E-state index in [0.29, 0.717) is 12.0 Å². The topological polar surface area (TPSA) is 33.7 Å². The molecule has 112 valence electrons. The third kappa shape index (κ3) is 3.95. The van der Waals surface area contributed by atoms with Gasteiger partial charge in [-0.2, -0.15) is 0 Å². The van der Waals surface area contributed by atoms with Gasteiger partial charge in [0.15, 0.2) is 0 Å². The van der Waals surface area contributed by atoms with Gasteiger partial charge in [-0.3, -0.25) is 0 Å². The van der Waals surface area contributed by atoms with Crippen LogP contribution in [0.25, 0.3) is 0 Å². The molecule has 4 heteroatoms. The van der Waals surface area contributed by atoms with E-state index in [9.17, 15) is 0 Å². The van der Waals surface area contributed by atoms with Crippen molar-refractivity contribution < 1.29 is 9.47 Å². The minimum Gasteiger partial charge on any atom is -0.496 e. The lowest BCUT2D eigenvalue weighted by Gasteiger charge is -2.34. The van der Waals surface area contributed by atoms with Gasteiger partial charge in [0.2, 0.25) is 0 Å². The van der Waals surface area contributed by atoms with Crippen molar-refractivity contribution in [1.29, 1.82) is 0 Å². The molecule has 1 fully saturated rings. The van der Waals surface area contributed by atoms with Gasteiger partial charge in [0.05, 0.1) is 13.7 Å². The van der Waals surface area contributed by atoms with E-state index in [-0.39, 0.29) is 0 Å². The molecular weight excluding hydrogens is 252 g/mol. The lowest BCUT2D eigenvalue weighted by atomic mass is 9.95. The molecular formula is C16H26N2O2. The standard InChI is InChI=1S/C16H26N2O2/c1-17-15-8-9-20-12-14(15)11-18(2)10-13-6-4-5-7-16(13)19-3/h4-7,14-15,17H,8-12H2,1-3H3. The number of nitrogens with zero attached hydrogens (tertiary/aromatic N) is 1. The summed E-state index contributed by atoms with van der Waals surface area (Å²) in [7, 11) is 5.93. The largest absolute Gasteiger partial charge is 0.496 e. The number of benzene rings is 1. The van der Waals surface area contributed by atoms with Crippen LogP contribution >= 0.6 is 0 Å². The van der Waals surface area contributed by atoms with E-state index in [1.54, 1.807) is 7.11 Å². The molecule has 0 spiro atoms. The molecule has 2 rings (SSSR count). The van der Waals surface area contributed by atoms with Gasteiger partial charge in [-0.1, -0.05) is 18.2 Å². The highest BCUT2D eigenvalue weighted by molar-refractivity contribution is 5.33. The fraction of sp³-hybridized carbons (Fsp3) is 0.625. The molecule has 1 N–H and O–H groups in total. The van der Waals surface area contributed by atoms with E-state index in [2.05, 4.69) is 29.4 Å². The lowest BCUT2D eigenvalue weighted by Crippen LogP contribution is -2.45. The summed E-state index contributed by atoms with van der Waals surface area (Å²) in [4.78, 5) is 2.35. The average Bonchev–Trinajstić information content (AvgIpc) is 2.48. The molecule has 20 heavy (non-hydrogen) atoms. The fourth-order valence-corrected chi connectivity index (χ4v) is 2.95. The van der Waals surface area contributed by atoms with Gasteiger partial charge in [-0.05, 0) is 26.6 Å². The van der Waals surface area contributed by atoms with Crippen LogP contribution in [0.1, 0.15) is 12.0 Å². The summed E-state index contributed by atoms with van der Waals surface area (Å²) in [5.74, 6) is 1.51. The Balaban J connectivity index is 1.92. The Morgan fingerprint density at radius 2 is 2.20 bits per heavy atom. The third-order valence-electron chi connectivity index (χ3n) is 4.02. The molecule has 1 aromatic carbocycles. The van der Waals surface area contributed by atoms with Crippen LogP contribution in [0.4, 0.5) is 0 Å². The Labute approximate surface area is 122 Å². The summed E-state index contributed by atoms with van der Waals surface area (Å²) in [5.41, 5.74) is 1.23. The van der Waals surface area contributed by atoms with Crippen LogP contribution in [0, 0.1) is 5.92 Å². The molecule has 0 saturated carbocycles. The van der Waals surface area contributed by atoms with Gasteiger partial charge >= 0.3 is 0 Å². The zero-order valence-corrected chi connectivity index (χ0v) is 12.8. The van der Waals surface area contributed by atoms with Crippen molar-refractivity contribution in [2.45, 2.75) is 19.0 Å². The molecule has 4 nitrogen and oxygen atoms in total. The second kappa shape index (κ2) is 7.62. The fourth-order valence-electron chi connectivity index (χ4n) is 2.95. The monoisotopic (exact) mass is 278 g/mol. The smallest absolute Gasteiger partial charge is 0.123 e. The zero-order chi connectivity index (χ0) is 14.4. The summed E-state index contributed by atoms with van der Waals surface area (Å²) < 4.78 is 11.0. The molecule has 2 unspecified atom stereocenters. The van der Waals surface area contributed by atoms with Crippen molar-refractivity contribution in [2.24, 2.45) is 5.92 Å². The highest BCUT2D eigenvalue weighted by Gasteiger charge is 2.25. The van der Waals surface area contributed by atoms with Gasteiger partial charge in [-0.25, -0.2) is 0 Å². The normalized spacial score (nSPS) is 23.0. The molecule has 0 aromatic heterocycles. The predicted molar refractivity (Wildman–Crippen MR) is 81.1 cm³/mol. The maximum absolute atomic E-state index is 5.62. The van der Waals surface area contributed by atoms with Gasteiger partial charge in [0.25, 0.3) is 0 Å². The molecule has 0 radical (unpaired) electrons. The average molecular weight is 278 g/mol. The summed E-state index contributed by atoms with van der Waals surface area (Å²) in [6.07, 6.45) is 1.10. The molecule has 1 aromatic rings. The number of ether oxygens (including phenoxy) is 2. The number of methoxy groups -OCH3 is 1. The molecule has 1 aliphatic heterocycles. The number of hydrogen-bond donors (Lipinski definition) is 1. The van der Waals surface area contributed by atoms with Crippen LogP contribution in [0.5, 0.6) is 5.75 Å². The number of para-hydroxylation sites is 1. The molecule has 1 aliphatic rings. The first-order valence-electron chi connectivity index (χ1n) is 7.30. The SMILES string of the molecule is CNC1CCOCC1CN(C)Cc1ccccc1OC. The van der Waals surface area contributed by atoms with Crippen molar-refractivity contribution in [3.8, 4) is 5.75 Å². The third-order valence-corrected chi connectivity index (χ3v) is 4.02. The van der Waals surface area contributed by atoms with Crippen LogP contribution in [-0.4, -0.2) is 51.9 Å². The predicted octanol–water partition coefficient (Wildman–Crippen LogP) is 1.75. The number of rotatable bonds is 6. The quantitative estimate of drug-likeness (QED) is 0.859. The van der Waals surface area contributed by atoms with E-state index in [0.717, 1.165) is 38.5 Å². The first-order chi connectivity index (χ1) is 9.74. The molecule has 0 bridgehead atoms. The summed E-state index contributed by atoms with van der Waals surface area (Å²) in [6, 6.07) is 8.77. The second-order valence-corrected chi connectivity index (χ2v) is 5.53. The van der Waals surface area contributed by atoms with Crippen molar-refractivity contribution >= 4 is 0 Å². The molecule has 1 saturated heterocycles. The van der Waals surface area contributed by atoms with Gasteiger partial charge in [0.1, 0.15) is 5.75 Å². The Morgan fingerprint density at radius 1 is 1.40 bits per heavy atom. The maximum Gasteiger partial charge on any atom is 0.123 e. The minimum atomic E-state index is 0.549. The van der Waals surface area contributed by atoms with E-state index in [1.165, 1.54) is 5.56 Å². The Morgan fingerprint density at radius 3 is 2.95 bits per heavy atom. The Hall–Kier alpha value is -1.10. The van der Waals surface area contributed by atoms with E-state index < -0.39 is 0 Å². The Bertz CT molecular complexity index is 411. The van der Waals surface area contributed by atoms with E-state index >= 15 is 0 Å². The summed E-state index contributed by atoms with van der Waals surface area (Å²) >= 11 is 0. The van der Waals surface area contributed by atoms with Gasteiger partial charge in [0, 0.05) is 37.2 Å². The van der Waals surface area contributed by atoms with Crippen molar-refractivity contribution in [3.05, 3.63) is 29.8 Å². The maximum atomic E-state index is 5.62.